The minimum Gasteiger partial charge on any atom is -0.496 e. The van der Waals surface area contributed by atoms with Gasteiger partial charge in [0.1, 0.15) is 11.9 Å². The third kappa shape index (κ3) is 4.17. The van der Waals surface area contributed by atoms with Gasteiger partial charge in [0.05, 0.1) is 31.6 Å². The van der Waals surface area contributed by atoms with E-state index in [1.54, 1.807) is 7.11 Å². The van der Waals surface area contributed by atoms with Crippen LogP contribution in [0.5, 0.6) is 5.75 Å². The maximum Gasteiger partial charge on any atom is 0.223 e. The highest BCUT2D eigenvalue weighted by molar-refractivity contribution is 5.76. The number of nitrogens with zero attached hydrogens (tertiary/aromatic N) is 3. The molecule has 150 valence electrons. The highest BCUT2D eigenvalue weighted by atomic mass is 16.5. The van der Waals surface area contributed by atoms with Crippen molar-refractivity contribution in [2.75, 3.05) is 13.7 Å². The molecule has 29 heavy (non-hydrogen) atoms. The van der Waals surface area contributed by atoms with Gasteiger partial charge in [0, 0.05) is 13.0 Å². The molecule has 3 aromatic rings. The van der Waals surface area contributed by atoms with Crippen molar-refractivity contribution < 1.29 is 14.6 Å². The Balaban J connectivity index is 1.41. The summed E-state index contributed by atoms with van der Waals surface area (Å²) < 4.78 is 7.27. The molecule has 1 amide bonds. The number of benzene rings is 2. The second kappa shape index (κ2) is 8.49. The summed E-state index contributed by atoms with van der Waals surface area (Å²) in [6.45, 7) is 1.77. The molecule has 2 aromatic carbocycles. The maximum absolute atomic E-state index is 12.7. The van der Waals surface area contributed by atoms with E-state index < -0.39 is 6.10 Å². The summed E-state index contributed by atoms with van der Waals surface area (Å²) in [6, 6.07) is 19.2. The van der Waals surface area contributed by atoms with Crippen LogP contribution in [0.25, 0.3) is 0 Å². The zero-order valence-corrected chi connectivity index (χ0v) is 16.5. The molecule has 0 radical (unpaired) electrons. The first kappa shape index (κ1) is 19.2. The van der Waals surface area contributed by atoms with Crippen LogP contribution in [0.1, 0.15) is 35.0 Å². The number of aliphatic hydroxyl groups is 1. The summed E-state index contributed by atoms with van der Waals surface area (Å²) in [7, 11) is 1.65. The number of aromatic nitrogens is 2. The summed E-state index contributed by atoms with van der Waals surface area (Å²) in [5.74, 6) is 0.935. The highest BCUT2D eigenvalue weighted by Crippen LogP contribution is 2.24. The van der Waals surface area contributed by atoms with Crippen molar-refractivity contribution >= 4 is 5.91 Å². The van der Waals surface area contributed by atoms with Crippen molar-refractivity contribution in [2.24, 2.45) is 0 Å². The van der Waals surface area contributed by atoms with Crippen LogP contribution < -0.4 is 4.74 Å². The summed E-state index contributed by atoms with van der Waals surface area (Å²) in [6.07, 6.45) is 0.328. The molecule has 0 spiro atoms. The Bertz CT molecular complexity index is 984. The summed E-state index contributed by atoms with van der Waals surface area (Å²) in [5, 5.41) is 15.2. The highest BCUT2D eigenvalue weighted by Gasteiger charge is 2.24. The van der Waals surface area contributed by atoms with Crippen molar-refractivity contribution in [3.8, 4) is 5.75 Å². The van der Waals surface area contributed by atoms with Gasteiger partial charge in [-0.15, -0.1) is 0 Å². The number of hydrogen-bond donors (Lipinski definition) is 1. The molecule has 0 bridgehead atoms. The van der Waals surface area contributed by atoms with Gasteiger partial charge in [0.15, 0.2) is 0 Å². The van der Waals surface area contributed by atoms with Gasteiger partial charge >= 0.3 is 0 Å². The fourth-order valence-electron chi connectivity index (χ4n) is 3.75. The van der Waals surface area contributed by atoms with E-state index in [9.17, 15) is 9.90 Å². The zero-order valence-electron chi connectivity index (χ0n) is 16.5. The molecular weight excluding hydrogens is 366 g/mol. The third-order valence-electron chi connectivity index (χ3n) is 5.37. The molecule has 1 aromatic heterocycles. The van der Waals surface area contributed by atoms with Crippen LogP contribution in [0.4, 0.5) is 0 Å². The molecule has 1 unspecified atom stereocenters. The molecule has 1 atom stereocenters. The van der Waals surface area contributed by atoms with Gasteiger partial charge in [-0.05, 0) is 29.7 Å². The molecule has 6 heteroatoms. The van der Waals surface area contributed by atoms with E-state index in [4.69, 9.17) is 4.74 Å². The Morgan fingerprint density at radius 1 is 1.14 bits per heavy atom. The molecule has 4 rings (SSSR count). The Labute approximate surface area is 170 Å². The van der Waals surface area contributed by atoms with Gasteiger partial charge in [0.25, 0.3) is 0 Å². The van der Waals surface area contributed by atoms with E-state index in [1.807, 2.05) is 70.2 Å². The average molecular weight is 391 g/mol. The fraction of sp³-hybridized carbons (Fsp3) is 0.304. The van der Waals surface area contributed by atoms with Gasteiger partial charge in [-0.2, -0.15) is 5.10 Å². The van der Waals surface area contributed by atoms with Crippen LogP contribution in [-0.4, -0.2) is 39.3 Å². The Morgan fingerprint density at radius 3 is 2.69 bits per heavy atom. The lowest BCUT2D eigenvalue weighted by Crippen LogP contribution is -2.38. The number of para-hydroxylation sites is 1. The number of amides is 1. The lowest BCUT2D eigenvalue weighted by molar-refractivity contribution is -0.132. The molecule has 1 N–H and O–H groups in total. The van der Waals surface area contributed by atoms with E-state index in [0.29, 0.717) is 38.2 Å². The largest absolute Gasteiger partial charge is 0.496 e. The van der Waals surface area contributed by atoms with Crippen molar-refractivity contribution in [3.05, 3.63) is 83.2 Å². The number of hydrogen-bond acceptors (Lipinski definition) is 4. The van der Waals surface area contributed by atoms with Gasteiger partial charge in [-0.3, -0.25) is 9.48 Å². The molecule has 0 saturated heterocycles. The summed E-state index contributed by atoms with van der Waals surface area (Å²) >= 11 is 0. The van der Waals surface area contributed by atoms with Crippen molar-refractivity contribution in [3.63, 3.8) is 0 Å². The van der Waals surface area contributed by atoms with Gasteiger partial charge < -0.3 is 14.7 Å². The fourth-order valence-corrected chi connectivity index (χ4v) is 3.75. The Morgan fingerprint density at radius 2 is 1.90 bits per heavy atom. The first-order chi connectivity index (χ1) is 14.2. The molecular formula is C23H25N3O3. The van der Waals surface area contributed by atoms with Gasteiger partial charge in [0.2, 0.25) is 5.91 Å². The van der Waals surface area contributed by atoms with Crippen molar-refractivity contribution in [2.45, 2.75) is 32.0 Å². The number of fused-ring (bicyclic) bond motifs is 1. The quantitative estimate of drug-likeness (QED) is 0.702. The van der Waals surface area contributed by atoms with Crippen LogP contribution in [0, 0.1) is 0 Å². The maximum atomic E-state index is 12.7. The minimum absolute atomic E-state index is 0.119. The van der Waals surface area contributed by atoms with E-state index in [-0.39, 0.29) is 5.91 Å². The van der Waals surface area contributed by atoms with E-state index in [1.165, 1.54) is 0 Å². The van der Waals surface area contributed by atoms with Crippen LogP contribution in [0.3, 0.4) is 0 Å². The number of ether oxygens (including phenoxy) is 1. The average Bonchev–Trinajstić information content (AvgIpc) is 3.21. The lowest BCUT2D eigenvalue weighted by Gasteiger charge is -2.27. The minimum atomic E-state index is -0.760. The number of aliphatic hydroxyl groups excluding tert-OH is 1. The molecule has 1 aliphatic rings. The van der Waals surface area contributed by atoms with Crippen molar-refractivity contribution in [1.29, 1.82) is 0 Å². The monoisotopic (exact) mass is 391 g/mol. The number of carbonyl (C=O) groups excluding carboxylic acids is 1. The topological polar surface area (TPSA) is 67.6 Å². The molecule has 0 aliphatic carbocycles. The third-order valence-corrected chi connectivity index (χ3v) is 5.37. The van der Waals surface area contributed by atoms with Crippen LogP contribution in [0.2, 0.25) is 0 Å². The molecule has 0 fully saturated rings. The predicted molar refractivity (Wildman–Crippen MR) is 109 cm³/mol. The van der Waals surface area contributed by atoms with E-state index in [2.05, 4.69) is 5.10 Å². The van der Waals surface area contributed by atoms with Gasteiger partial charge in [-0.25, -0.2) is 0 Å². The molecule has 6 nitrogen and oxygen atoms in total. The van der Waals surface area contributed by atoms with Crippen LogP contribution in [-0.2, 0) is 24.3 Å². The zero-order chi connectivity index (χ0) is 20.2. The van der Waals surface area contributed by atoms with Gasteiger partial charge in [-0.1, -0.05) is 48.5 Å². The number of methoxy groups -OCH3 is 1. The smallest absolute Gasteiger partial charge is 0.223 e. The number of aryl methyl sites for hydroxylation is 1. The van der Waals surface area contributed by atoms with E-state index >= 15 is 0 Å². The number of rotatable bonds is 6. The second-order valence-electron chi connectivity index (χ2n) is 7.22. The molecule has 0 saturated carbocycles. The van der Waals surface area contributed by atoms with E-state index in [0.717, 1.165) is 22.6 Å². The van der Waals surface area contributed by atoms with Crippen molar-refractivity contribution in [1.82, 2.24) is 14.7 Å². The summed E-state index contributed by atoms with van der Waals surface area (Å²) in [4.78, 5) is 14.6. The van der Waals surface area contributed by atoms with Crippen LogP contribution >= 0.6 is 0 Å². The summed E-state index contributed by atoms with van der Waals surface area (Å²) in [5.41, 5.74) is 3.42. The Hall–Kier alpha value is -3.12. The molecule has 2 heterocycles. The number of carbonyl (C=O) groups is 1. The molecule has 1 aliphatic heterocycles. The second-order valence-corrected chi connectivity index (χ2v) is 7.22. The first-order valence-electron chi connectivity index (χ1n) is 9.85. The first-order valence-corrected chi connectivity index (χ1v) is 9.85. The SMILES string of the molecule is COc1ccccc1CCC(=O)N1CCn2nc(C(O)c3ccccc3)cc2C1. The standard InChI is InChI=1S/C23H25N3O3/c1-29-21-10-6-5-7-17(21)11-12-22(27)25-13-14-26-19(16-25)15-20(24-26)23(28)18-8-3-2-4-9-18/h2-10,15,23,28H,11-14,16H2,1H3. The van der Waals surface area contributed by atoms with Crippen LogP contribution in [0.15, 0.2) is 60.7 Å². The normalized spacial score (nSPS) is 14.3. The predicted octanol–water partition coefficient (Wildman–Crippen LogP) is 2.95. The lowest BCUT2D eigenvalue weighted by atomic mass is 10.1. The Kier molecular flexibility index (Phi) is 5.62.